The monoisotopic (exact) mass is 328 g/mol. The summed E-state index contributed by atoms with van der Waals surface area (Å²) in [6.07, 6.45) is 1.94. The van der Waals surface area contributed by atoms with Crippen LogP contribution in [-0.2, 0) is 19.4 Å². The third-order valence-corrected chi connectivity index (χ3v) is 7.79. The number of aromatic nitrogens is 2. The van der Waals surface area contributed by atoms with Crippen LogP contribution in [0.3, 0.4) is 0 Å². The van der Waals surface area contributed by atoms with E-state index < -0.39 is 0 Å². The van der Waals surface area contributed by atoms with Gasteiger partial charge in [0.15, 0.2) is 0 Å². The van der Waals surface area contributed by atoms with E-state index in [1.807, 2.05) is 0 Å². The van der Waals surface area contributed by atoms with Crippen molar-refractivity contribution in [3.8, 4) is 0 Å². The Morgan fingerprint density at radius 3 is 2.76 bits per heavy atom. The average Bonchev–Trinajstić information content (AvgIpc) is 2.90. The third-order valence-electron chi connectivity index (χ3n) is 4.24. The number of hydrazine groups is 1. The van der Waals surface area contributed by atoms with E-state index in [0.29, 0.717) is 16.5 Å². The summed E-state index contributed by atoms with van der Waals surface area (Å²) < 4.78 is 2.12. The molecule has 1 saturated heterocycles. The Kier molecular flexibility index (Phi) is 6.47. The molecule has 1 aliphatic heterocycles. The molecule has 1 aliphatic rings. The molecule has 0 radical (unpaired) electrons. The van der Waals surface area contributed by atoms with E-state index in [9.17, 15) is 0 Å². The molecule has 120 valence electrons. The van der Waals surface area contributed by atoms with E-state index in [1.165, 1.54) is 17.1 Å². The van der Waals surface area contributed by atoms with Crippen LogP contribution >= 0.6 is 23.5 Å². The molecule has 1 fully saturated rings. The Balaban J connectivity index is 2.06. The highest BCUT2D eigenvalue weighted by molar-refractivity contribution is 8.07. The average molecular weight is 329 g/mol. The molecule has 0 spiro atoms. The highest BCUT2D eigenvalue weighted by atomic mass is 32.2. The Labute approximate surface area is 137 Å². The summed E-state index contributed by atoms with van der Waals surface area (Å²) in [6.45, 7) is 9.88. The van der Waals surface area contributed by atoms with Crippen LogP contribution in [0.1, 0.15) is 39.1 Å². The Bertz CT molecular complexity index is 449. The summed E-state index contributed by atoms with van der Waals surface area (Å²) in [5.41, 5.74) is 5.54. The van der Waals surface area contributed by atoms with Crippen LogP contribution in [0.25, 0.3) is 0 Å². The first-order chi connectivity index (χ1) is 10.1. The minimum atomic E-state index is 0.309. The van der Waals surface area contributed by atoms with Crippen LogP contribution in [-0.4, -0.2) is 37.3 Å². The normalized spacial score (nSPS) is 27.8. The van der Waals surface area contributed by atoms with Gasteiger partial charge in [-0.25, -0.2) is 0 Å². The van der Waals surface area contributed by atoms with E-state index in [4.69, 9.17) is 5.84 Å². The molecule has 0 bridgehead atoms. The maximum Gasteiger partial charge on any atom is 0.0624 e. The predicted octanol–water partition coefficient (Wildman–Crippen LogP) is 2.47. The Morgan fingerprint density at radius 1 is 1.43 bits per heavy atom. The van der Waals surface area contributed by atoms with Gasteiger partial charge in [0.1, 0.15) is 0 Å². The van der Waals surface area contributed by atoms with Gasteiger partial charge >= 0.3 is 0 Å². The third kappa shape index (κ3) is 4.18. The van der Waals surface area contributed by atoms with Gasteiger partial charge in [-0.3, -0.25) is 16.0 Å². The second kappa shape index (κ2) is 7.90. The first-order valence-corrected chi connectivity index (χ1v) is 9.86. The predicted molar refractivity (Wildman–Crippen MR) is 94.9 cm³/mol. The zero-order valence-electron chi connectivity index (χ0n) is 13.5. The number of thioether (sulfide) groups is 2. The quantitative estimate of drug-likeness (QED) is 0.620. The minimum absolute atomic E-state index is 0.309. The first kappa shape index (κ1) is 17.2. The van der Waals surface area contributed by atoms with Crippen LogP contribution < -0.4 is 11.3 Å². The molecule has 2 rings (SSSR count). The number of nitrogens with two attached hydrogens (primary N) is 1. The lowest BCUT2D eigenvalue weighted by atomic mass is 10.1. The van der Waals surface area contributed by atoms with Gasteiger partial charge in [0.2, 0.25) is 0 Å². The van der Waals surface area contributed by atoms with Gasteiger partial charge in [-0.2, -0.15) is 28.6 Å². The van der Waals surface area contributed by atoms with Gasteiger partial charge in [-0.15, -0.1) is 0 Å². The maximum absolute atomic E-state index is 5.86. The molecular weight excluding hydrogens is 300 g/mol. The fourth-order valence-corrected chi connectivity index (χ4v) is 5.78. The van der Waals surface area contributed by atoms with E-state index in [-0.39, 0.29) is 0 Å². The zero-order chi connectivity index (χ0) is 15.4. The second-order valence-corrected chi connectivity index (χ2v) is 8.72. The number of nitrogens with one attached hydrogen (secondary N) is 1. The van der Waals surface area contributed by atoms with Gasteiger partial charge < -0.3 is 0 Å². The molecule has 3 N–H and O–H groups in total. The van der Waals surface area contributed by atoms with E-state index in [1.54, 1.807) is 0 Å². The zero-order valence-corrected chi connectivity index (χ0v) is 15.1. The molecule has 6 heteroatoms. The fourth-order valence-electron chi connectivity index (χ4n) is 2.67. The van der Waals surface area contributed by atoms with Crippen LogP contribution in [0.15, 0.2) is 6.07 Å². The molecule has 0 amide bonds. The largest absolute Gasteiger partial charge is 0.271 e. The summed E-state index contributed by atoms with van der Waals surface area (Å²) in [5, 5.41) is 6.63. The molecule has 4 nitrogen and oxygen atoms in total. The highest BCUT2D eigenvalue weighted by Crippen LogP contribution is 2.37. The van der Waals surface area contributed by atoms with Crippen molar-refractivity contribution in [2.45, 2.75) is 68.9 Å². The molecule has 2 heterocycles. The van der Waals surface area contributed by atoms with Crippen molar-refractivity contribution in [2.75, 3.05) is 5.75 Å². The lowest BCUT2D eigenvalue weighted by molar-refractivity contribution is 0.495. The highest BCUT2D eigenvalue weighted by Gasteiger charge is 2.31. The first-order valence-electron chi connectivity index (χ1n) is 7.87. The molecule has 4 unspecified atom stereocenters. The number of rotatable bonds is 6. The number of hydrogen-bond acceptors (Lipinski definition) is 5. The Hall–Kier alpha value is -0.170. The standard InChI is InChI=1S/C15H28N4S2/c1-5-12-7-13(19(6-2)18-12)8-14(17-16)15-9-20-10(3)11(4)21-15/h7,10-11,14-15,17H,5-6,8-9,16H2,1-4H3. The minimum Gasteiger partial charge on any atom is -0.271 e. The smallest absolute Gasteiger partial charge is 0.0624 e. The molecule has 0 aromatic carbocycles. The van der Waals surface area contributed by atoms with Crippen molar-refractivity contribution in [1.82, 2.24) is 15.2 Å². The van der Waals surface area contributed by atoms with Crippen molar-refractivity contribution >= 4 is 23.5 Å². The van der Waals surface area contributed by atoms with Crippen molar-refractivity contribution in [2.24, 2.45) is 5.84 Å². The molecule has 1 aromatic rings. The van der Waals surface area contributed by atoms with Crippen LogP contribution in [0.5, 0.6) is 0 Å². The van der Waals surface area contributed by atoms with Gasteiger partial charge in [0.25, 0.3) is 0 Å². The summed E-state index contributed by atoms with van der Waals surface area (Å²) in [5.74, 6) is 7.03. The van der Waals surface area contributed by atoms with Crippen molar-refractivity contribution in [3.63, 3.8) is 0 Å². The maximum atomic E-state index is 5.86. The summed E-state index contributed by atoms with van der Waals surface area (Å²) in [4.78, 5) is 0. The van der Waals surface area contributed by atoms with Crippen LogP contribution in [0, 0.1) is 0 Å². The molecule has 1 aromatic heterocycles. The van der Waals surface area contributed by atoms with Crippen molar-refractivity contribution in [3.05, 3.63) is 17.5 Å². The number of nitrogens with zero attached hydrogens (tertiary/aromatic N) is 2. The SMILES string of the molecule is CCc1cc(CC(NN)C2CSC(C)C(C)S2)n(CC)n1. The van der Waals surface area contributed by atoms with Gasteiger partial charge in [0, 0.05) is 46.2 Å². The van der Waals surface area contributed by atoms with Crippen molar-refractivity contribution in [1.29, 1.82) is 0 Å². The summed E-state index contributed by atoms with van der Waals surface area (Å²) in [6, 6.07) is 2.55. The van der Waals surface area contributed by atoms with Gasteiger partial charge in [0.05, 0.1) is 5.69 Å². The molecule has 4 atom stereocenters. The van der Waals surface area contributed by atoms with E-state index >= 15 is 0 Å². The lowest BCUT2D eigenvalue weighted by Gasteiger charge is -2.35. The van der Waals surface area contributed by atoms with E-state index in [0.717, 1.165) is 24.6 Å². The lowest BCUT2D eigenvalue weighted by Crippen LogP contribution is -2.48. The topological polar surface area (TPSA) is 55.9 Å². The number of aryl methyl sites for hydroxylation is 2. The molecule has 0 saturated carbocycles. The van der Waals surface area contributed by atoms with Gasteiger partial charge in [-0.1, -0.05) is 20.8 Å². The fraction of sp³-hybridized carbons (Fsp3) is 0.800. The second-order valence-electron chi connectivity index (χ2n) is 5.69. The van der Waals surface area contributed by atoms with Crippen LogP contribution in [0.4, 0.5) is 0 Å². The van der Waals surface area contributed by atoms with E-state index in [2.05, 4.69) is 72.5 Å². The molecular formula is C15H28N4S2. The van der Waals surface area contributed by atoms with Gasteiger partial charge in [-0.05, 0) is 19.4 Å². The van der Waals surface area contributed by atoms with Crippen molar-refractivity contribution < 1.29 is 0 Å². The van der Waals surface area contributed by atoms with Crippen LogP contribution in [0.2, 0.25) is 0 Å². The number of hydrogen-bond donors (Lipinski definition) is 2. The Morgan fingerprint density at radius 2 is 2.19 bits per heavy atom. The summed E-state index contributed by atoms with van der Waals surface area (Å²) in [7, 11) is 0. The summed E-state index contributed by atoms with van der Waals surface area (Å²) >= 11 is 4.15. The molecule has 0 aliphatic carbocycles. The molecule has 21 heavy (non-hydrogen) atoms.